The number of hydrogen-bond donors (Lipinski definition) is 2. The summed E-state index contributed by atoms with van der Waals surface area (Å²) in [6.45, 7) is 3.29. The topological polar surface area (TPSA) is 102 Å². The summed E-state index contributed by atoms with van der Waals surface area (Å²) < 4.78 is 1.77. The zero-order valence-corrected chi connectivity index (χ0v) is 13.7. The summed E-state index contributed by atoms with van der Waals surface area (Å²) in [5, 5.41) is 13.4. The molecule has 0 saturated heterocycles. The molecule has 0 fully saturated rings. The summed E-state index contributed by atoms with van der Waals surface area (Å²) in [6.07, 6.45) is 3.44. The highest BCUT2D eigenvalue weighted by Crippen LogP contribution is 2.14. The molecule has 0 saturated carbocycles. The molecule has 2 amide bonds. The summed E-state index contributed by atoms with van der Waals surface area (Å²) >= 11 is 0. The molecule has 1 aromatic carbocycles. The Kier molecular flexibility index (Phi) is 4.51. The van der Waals surface area contributed by atoms with Gasteiger partial charge in [0.2, 0.25) is 5.91 Å². The van der Waals surface area contributed by atoms with Crippen LogP contribution in [0.3, 0.4) is 0 Å². The van der Waals surface area contributed by atoms with Gasteiger partial charge in [0.25, 0.3) is 5.91 Å². The second-order valence-electron chi connectivity index (χ2n) is 5.33. The van der Waals surface area contributed by atoms with Gasteiger partial charge in [-0.2, -0.15) is 0 Å². The summed E-state index contributed by atoms with van der Waals surface area (Å²) in [7, 11) is 0. The lowest BCUT2D eigenvalue weighted by Gasteiger charge is -2.07. The van der Waals surface area contributed by atoms with Crippen molar-refractivity contribution in [3.63, 3.8) is 0 Å². The van der Waals surface area contributed by atoms with Gasteiger partial charge in [-0.05, 0) is 43.3 Å². The molecule has 25 heavy (non-hydrogen) atoms. The first-order chi connectivity index (χ1) is 12.0. The maximum absolute atomic E-state index is 12.2. The molecule has 126 valence electrons. The lowest BCUT2D eigenvalue weighted by atomic mass is 10.2. The maximum atomic E-state index is 12.2. The van der Waals surface area contributed by atoms with Crippen molar-refractivity contribution in [2.75, 3.05) is 10.6 Å². The summed E-state index contributed by atoms with van der Waals surface area (Å²) in [5.74, 6) is 0.853. The zero-order valence-electron chi connectivity index (χ0n) is 13.7. The molecule has 3 aromatic rings. The van der Waals surface area contributed by atoms with Crippen LogP contribution in [-0.2, 0) is 4.79 Å². The van der Waals surface area contributed by atoms with Crippen LogP contribution in [0.4, 0.5) is 11.4 Å². The predicted octanol–water partition coefficient (Wildman–Crippen LogP) is 2.18. The number of hydrogen-bond acceptors (Lipinski definition) is 5. The minimum absolute atomic E-state index is 0.153. The van der Waals surface area contributed by atoms with Gasteiger partial charge < -0.3 is 10.6 Å². The van der Waals surface area contributed by atoms with Crippen LogP contribution in [0.15, 0.2) is 48.8 Å². The highest BCUT2D eigenvalue weighted by molar-refractivity contribution is 6.02. The van der Waals surface area contributed by atoms with Crippen LogP contribution < -0.4 is 10.6 Å². The number of carbonyl (C=O) groups is 2. The van der Waals surface area contributed by atoms with Crippen molar-refractivity contribution in [2.45, 2.75) is 13.8 Å². The minimum Gasteiger partial charge on any atom is -0.326 e. The van der Waals surface area contributed by atoms with E-state index in [1.165, 1.54) is 6.92 Å². The van der Waals surface area contributed by atoms with E-state index in [4.69, 9.17) is 0 Å². The van der Waals surface area contributed by atoms with Gasteiger partial charge in [0.05, 0.1) is 0 Å². The molecule has 0 radical (unpaired) electrons. The Balaban J connectivity index is 1.69. The summed E-state index contributed by atoms with van der Waals surface area (Å²) in [6, 6.07) is 10.1. The van der Waals surface area contributed by atoms with Crippen molar-refractivity contribution in [2.24, 2.45) is 0 Å². The Morgan fingerprint density at radius 2 is 1.64 bits per heavy atom. The number of carbonyl (C=O) groups excluding carboxylic acids is 2. The van der Waals surface area contributed by atoms with E-state index < -0.39 is 0 Å². The van der Waals surface area contributed by atoms with Crippen LogP contribution in [0.25, 0.3) is 5.82 Å². The Morgan fingerprint density at radius 3 is 2.16 bits per heavy atom. The molecule has 8 heteroatoms. The van der Waals surface area contributed by atoms with Crippen molar-refractivity contribution in [3.05, 3.63) is 60.3 Å². The number of imidazole rings is 1. The van der Waals surface area contributed by atoms with Gasteiger partial charge in [0, 0.05) is 30.7 Å². The van der Waals surface area contributed by atoms with E-state index in [0.29, 0.717) is 17.2 Å². The van der Waals surface area contributed by atoms with E-state index in [2.05, 4.69) is 25.8 Å². The first kappa shape index (κ1) is 16.3. The van der Waals surface area contributed by atoms with Crippen molar-refractivity contribution in [3.8, 4) is 5.82 Å². The number of benzene rings is 1. The molecule has 3 rings (SSSR count). The van der Waals surface area contributed by atoms with E-state index >= 15 is 0 Å². The number of nitrogens with zero attached hydrogens (tertiary/aromatic N) is 4. The smallest absolute Gasteiger partial charge is 0.276 e. The Morgan fingerprint density at radius 1 is 0.960 bits per heavy atom. The molecule has 0 aliphatic rings. The largest absolute Gasteiger partial charge is 0.326 e. The third kappa shape index (κ3) is 3.86. The molecule has 0 spiro atoms. The molecule has 2 N–H and O–H groups in total. The molecule has 0 aliphatic heterocycles. The van der Waals surface area contributed by atoms with Gasteiger partial charge in [0.15, 0.2) is 11.5 Å². The minimum atomic E-state index is -0.367. The average Bonchev–Trinajstić information content (AvgIpc) is 3.02. The van der Waals surface area contributed by atoms with Crippen LogP contribution in [0.2, 0.25) is 0 Å². The second-order valence-corrected chi connectivity index (χ2v) is 5.33. The number of rotatable bonds is 4. The number of aromatic nitrogens is 4. The molecule has 0 aliphatic carbocycles. The highest BCUT2D eigenvalue weighted by atomic mass is 16.2. The first-order valence-electron chi connectivity index (χ1n) is 7.56. The quantitative estimate of drug-likeness (QED) is 0.760. The molecule has 2 heterocycles. The fourth-order valence-corrected chi connectivity index (χ4v) is 2.23. The van der Waals surface area contributed by atoms with Gasteiger partial charge in [-0.15, -0.1) is 10.2 Å². The molecule has 0 atom stereocenters. The van der Waals surface area contributed by atoms with Gasteiger partial charge in [-0.1, -0.05) is 0 Å². The van der Waals surface area contributed by atoms with E-state index in [9.17, 15) is 9.59 Å². The Labute approximate surface area is 143 Å². The number of anilines is 2. The van der Waals surface area contributed by atoms with Crippen molar-refractivity contribution in [1.82, 2.24) is 19.7 Å². The molecular formula is C17H16N6O2. The number of amides is 2. The Bertz CT molecular complexity index is 900. The van der Waals surface area contributed by atoms with Crippen molar-refractivity contribution in [1.29, 1.82) is 0 Å². The lowest BCUT2D eigenvalue weighted by molar-refractivity contribution is -0.114. The van der Waals surface area contributed by atoms with Crippen molar-refractivity contribution >= 4 is 23.2 Å². The number of aryl methyl sites for hydroxylation is 1. The predicted molar refractivity (Wildman–Crippen MR) is 92.6 cm³/mol. The summed E-state index contributed by atoms with van der Waals surface area (Å²) in [4.78, 5) is 27.4. The third-order valence-electron chi connectivity index (χ3n) is 3.42. The van der Waals surface area contributed by atoms with Crippen LogP contribution in [-0.4, -0.2) is 31.6 Å². The molecule has 0 bridgehead atoms. The average molecular weight is 336 g/mol. The van der Waals surface area contributed by atoms with E-state index in [1.54, 1.807) is 53.4 Å². The Hall–Kier alpha value is -3.55. The van der Waals surface area contributed by atoms with Gasteiger partial charge >= 0.3 is 0 Å². The molecule has 2 aromatic heterocycles. The number of nitrogens with one attached hydrogen (secondary N) is 2. The zero-order chi connectivity index (χ0) is 17.8. The monoisotopic (exact) mass is 336 g/mol. The van der Waals surface area contributed by atoms with Crippen LogP contribution in [0.1, 0.15) is 23.2 Å². The van der Waals surface area contributed by atoms with Crippen LogP contribution >= 0.6 is 0 Å². The molecule has 0 unspecified atom stereocenters. The molecular weight excluding hydrogens is 320 g/mol. The second kappa shape index (κ2) is 6.91. The first-order valence-corrected chi connectivity index (χ1v) is 7.56. The third-order valence-corrected chi connectivity index (χ3v) is 3.42. The highest BCUT2D eigenvalue weighted by Gasteiger charge is 2.10. The lowest BCUT2D eigenvalue weighted by Crippen LogP contribution is -2.15. The fourth-order valence-electron chi connectivity index (χ4n) is 2.23. The van der Waals surface area contributed by atoms with Gasteiger partial charge in [0.1, 0.15) is 5.82 Å². The normalized spacial score (nSPS) is 10.3. The van der Waals surface area contributed by atoms with E-state index in [1.807, 2.05) is 6.92 Å². The van der Waals surface area contributed by atoms with E-state index in [0.717, 1.165) is 5.82 Å². The summed E-state index contributed by atoms with van der Waals surface area (Å²) in [5.41, 5.74) is 1.45. The molecule has 8 nitrogen and oxygen atoms in total. The van der Waals surface area contributed by atoms with Crippen molar-refractivity contribution < 1.29 is 9.59 Å². The van der Waals surface area contributed by atoms with Gasteiger partial charge in [-0.25, -0.2) is 4.98 Å². The SMILES string of the molecule is CC(=O)Nc1ccc(NC(=O)c2ccc(-n3ccnc3C)nn2)cc1. The van der Waals surface area contributed by atoms with Crippen LogP contribution in [0, 0.1) is 6.92 Å². The van der Waals surface area contributed by atoms with Gasteiger partial charge in [-0.3, -0.25) is 14.2 Å². The fraction of sp³-hybridized carbons (Fsp3) is 0.118. The van der Waals surface area contributed by atoms with E-state index in [-0.39, 0.29) is 17.5 Å². The van der Waals surface area contributed by atoms with Crippen LogP contribution in [0.5, 0.6) is 0 Å². The maximum Gasteiger partial charge on any atom is 0.276 e. The standard InChI is InChI=1S/C17H16N6O2/c1-11-18-9-10-23(11)16-8-7-15(21-22-16)17(25)20-14-5-3-13(4-6-14)19-12(2)24/h3-10H,1-2H3,(H,19,24)(H,20,25).